The molecule has 0 aliphatic carbocycles. The van der Waals surface area contributed by atoms with Gasteiger partial charge >= 0.3 is 0 Å². The third-order valence-corrected chi connectivity index (χ3v) is 6.20. The van der Waals surface area contributed by atoms with Crippen molar-refractivity contribution in [3.05, 3.63) is 89.7 Å². The number of nitrogens with zero attached hydrogens (tertiary/aromatic N) is 1. The molecular weight excluding hydrogens is 494 g/mol. The fourth-order valence-electron chi connectivity index (χ4n) is 2.57. The van der Waals surface area contributed by atoms with Gasteiger partial charge < -0.3 is 20.6 Å². The first-order chi connectivity index (χ1) is 16.1. The first kappa shape index (κ1) is 29.9. The van der Waals surface area contributed by atoms with Crippen LogP contribution in [0.25, 0.3) is 0 Å². The molecular formula is C23H29N3O7S2. The van der Waals surface area contributed by atoms with Gasteiger partial charge in [-0.05, 0) is 44.2 Å². The number of nitrogens with two attached hydrogens (primary N) is 1. The SMILES string of the molecule is C[n+]1cccc(C[C@H]([NH3+])C(N)=O)c1.Cc1ccc(S(=O)(=O)[O-])cc1.Cc1ccc(S(=O)(=O)[O-])cc1. The number of carbonyl (C=O) groups excluding carboxylic acids is 1. The van der Waals surface area contributed by atoms with E-state index in [9.17, 15) is 30.7 Å². The molecule has 10 nitrogen and oxygen atoms in total. The predicted molar refractivity (Wildman–Crippen MR) is 125 cm³/mol. The number of rotatable bonds is 5. The zero-order valence-corrected chi connectivity index (χ0v) is 21.3. The predicted octanol–water partition coefficient (Wildman–Crippen LogP) is -0.0524. The molecule has 0 bridgehead atoms. The summed E-state index contributed by atoms with van der Waals surface area (Å²) in [5.41, 5.74) is 11.7. The van der Waals surface area contributed by atoms with Crippen LogP contribution in [0.5, 0.6) is 0 Å². The lowest BCUT2D eigenvalue weighted by Crippen LogP contribution is -2.67. The normalized spacial score (nSPS) is 11.8. The van der Waals surface area contributed by atoms with Crippen LogP contribution in [-0.2, 0) is 38.5 Å². The molecule has 12 heteroatoms. The van der Waals surface area contributed by atoms with Crippen LogP contribution in [0.1, 0.15) is 16.7 Å². The summed E-state index contributed by atoms with van der Waals surface area (Å²) < 4.78 is 64.3. The Bertz CT molecular complexity index is 1250. The van der Waals surface area contributed by atoms with Crippen molar-refractivity contribution < 1.29 is 41.0 Å². The van der Waals surface area contributed by atoms with E-state index in [1.165, 1.54) is 24.3 Å². The minimum Gasteiger partial charge on any atom is -0.744 e. The Labute approximate surface area is 205 Å². The van der Waals surface area contributed by atoms with Crippen LogP contribution >= 0.6 is 0 Å². The first-order valence-corrected chi connectivity index (χ1v) is 13.0. The highest BCUT2D eigenvalue weighted by Crippen LogP contribution is 2.09. The molecule has 190 valence electrons. The van der Waals surface area contributed by atoms with Crippen LogP contribution in [0.4, 0.5) is 0 Å². The second kappa shape index (κ2) is 13.1. The summed E-state index contributed by atoms with van der Waals surface area (Å²) in [6.45, 7) is 3.64. The maximum absolute atomic E-state index is 10.7. The quantitative estimate of drug-likeness (QED) is 0.346. The van der Waals surface area contributed by atoms with E-state index in [4.69, 9.17) is 5.73 Å². The number of hydrogen-bond donors (Lipinski definition) is 2. The number of aromatic nitrogens is 1. The number of benzene rings is 2. The highest BCUT2D eigenvalue weighted by atomic mass is 32.2. The van der Waals surface area contributed by atoms with Gasteiger partial charge in [0.1, 0.15) is 27.3 Å². The number of carbonyl (C=O) groups is 1. The highest BCUT2D eigenvalue weighted by Gasteiger charge is 2.14. The number of primary amides is 1. The van der Waals surface area contributed by atoms with Crippen LogP contribution in [0.2, 0.25) is 0 Å². The van der Waals surface area contributed by atoms with Crippen LogP contribution in [-0.4, -0.2) is 37.9 Å². The minimum atomic E-state index is -4.27. The van der Waals surface area contributed by atoms with E-state index in [1.807, 2.05) is 50.0 Å². The third-order valence-electron chi connectivity index (χ3n) is 4.50. The second-order valence-corrected chi connectivity index (χ2v) is 10.5. The van der Waals surface area contributed by atoms with Crippen molar-refractivity contribution in [3.63, 3.8) is 0 Å². The van der Waals surface area contributed by atoms with Gasteiger partial charge in [-0.1, -0.05) is 35.4 Å². The van der Waals surface area contributed by atoms with Gasteiger partial charge in [0.05, 0.1) is 9.79 Å². The van der Waals surface area contributed by atoms with Crippen molar-refractivity contribution in [3.8, 4) is 0 Å². The molecule has 35 heavy (non-hydrogen) atoms. The molecule has 2 aromatic carbocycles. The molecule has 5 N–H and O–H groups in total. The fraction of sp³-hybridized carbons (Fsp3) is 0.217. The van der Waals surface area contributed by atoms with E-state index in [-0.39, 0.29) is 21.7 Å². The topological polar surface area (TPSA) is 189 Å². The van der Waals surface area contributed by atoms with Crippen molar-refractivity contribution in [2.45, 2.75) is 36.1 Å². The largest absolute Gasteiger partial charge is 0.744 e. The lowest BCUT2D eigenvalue weighted by molar-refractivity contribution is -0.672. The molecule has 0 fully saturated rings. The summed E-state index contributed by atoms with van der Waals surface area (Å²) in [5.74, 6) is -0.355. The summed E-state index contributed by atoms with van der Waals surface area (Å²) in [5, 5.41) is 0. The molecule has 1 heterocycles. The lowest BCUT2D eigenvalue weighted by Gasteiger charge is -2.05. The zero-order valence-electron chi connectivity index (χ0n) is 19.6. The van der Waals surface area contributed by atoms with E-state index in [1.54, 1.807) is 24.3 Å². The van der Waals surface area contributed by atoms with E-state index in [2.05, 4.69) is 5.73 Å². The van der Waals surface area contributed by atoms with Gasteiger partial charge in [0.25, 0.3) is 5.91 Å². The number of aryl methyl sites for hydroxylation is 3. The van der Waals surface area contributed by atoms with Crippen molar-refractivity contribution in [1.29, 1.82) is 0 Å². The average Bonchev–Trinajstić information content (AvgIpc) is 2.74. The second-order valence-electron chi connectivity index (χ2n) is 7.72. The highest BCUT2D eigenvalue weighted by molar-refractivity contribution is 7.86. The summed E-state index contributed by atoms with van der Waals surface area (Å²) in [6.07, 6.45) is 4.50. The van der Waals surface area contributed by atoms with E-state index in [0.717, 1.165) is 16.7 Å². The van der Waals surface area contributed by atoms with Crippen LogP contribution in [0.3, 0.4) is 0 Å². The van der Waals surface area contributed by atoms with Crippen LogP contribution in [0.15, 0.2) is 82.8 Å². The van der Waals surface area contributed by atoms with Gasteiger partial charge in [0.2, 0.25) is 0 Å². The minimum absolute atomic E-state index is 0.178. The molecule has 0 saturated heterocycles. The zero-order chi connectivity index (χ0) is 26.8. The number of pyridine rings is 1. The van der Waals surface area contributed by atoms with Gasteiger partial charge in [-0.3, -0.25) is 4.79 Å². The van der Waals surface area contributed by atoms with Crippen LogP contribution < -0.4 is 16.0 Å². The Morgan fingerprint density at radius 1 is 0.886 bits per heavy atom. The Morgan fingerprint density at radius 3 is 1.60 bits per heavy atom. The van der Waals surface area contributed by atoms with Crippen LogP contribution in [0, 0.1) is 13.8 Å². The lowest BCUT2D eigenvalue weighted by atomic mass is 10.1. The molecule has 3 rings (SSSR count). The van der Waals surface area contributed by atoms with Gasteiger partial charge in [-0.25, -0.2) is 21.4 Å². The molecule has 3 aromatic rings. The van der Waals surface area contributed by atoms with E-state index >= 15 is 0 Å². The Morgan fingerprint density at radius 2 is 1.29 bits per heavy atom. The van der Waals surface area contributed by atoms with E-state index < -0.39 is 20.2 Å². The summed E-state index contributed by atoms with van der Waals surface area (Å²) >= 11 is 0. The van der Waals surface area contributed by atoms with Crippen molar-refractivity contribution in [2.75, 3.05) is 0 Å². The summed E-state index contributed by atoms with van der Waals surface area (Å²) in [4.78, 5) is 10.4. The molecule has 0 unspecified atom stereocenters. The Balaban J connectivity index is 0.000000264. The molecule has 0 radical (unpaired) electrons. The molecule has 1 aromatic heterocycles. The van der Waals surface area contributed by atoms with Gasteiger partial charge in [-0.15, -0.1) is 0 Å². The number of hydrogen-bond acceptors (Lipinski definition) is 7. The smallest absolute Gasteiger partial charge is 0.275 e. The number of quaternary nitrogens is 1. The standard InChI is InChI=1S/C9H13N3O.2C7H8O3S/c1-12-4-2-3-7(6-12)5-8(10)9(11)13;2*1-6-2-4-7(5-3-6)11(8,9)10/h2-4,6,8H,5,10H2,1H3,(H-,11,13);2*2-5H,1H3,(H,8,9,10)/t8-;;/m0../s1. The third kappa shape index (κ3) is 11.7. The fourth-order valence-corrected chi connectivity index (χ4v) is 3.50. The van der Waals surface area contributed by atoms with Crippen molar-refractivity contribution in [1.82, 2.24) is 0 Å². The monoisotopic (exact) mass is 523 g/mol. The molecule has 1 amide bonds. The number of amides is 1. The maximum atomic E-state index is 10.7. The molecule has 0 aliphatic rings. The molecule has 0 spiro atoms. The Hall–Kier alpha value is -3.16. The van der Waals surface area contributed by atoms with Crippen molar-refractivity contribution >= 4 is 26.1 Å². The van der Waals surface area contributed by atoms with Gasteiger partial charge in [0.15, 0.2) is 18.4 Å². The maximum Gasteiger partial charge on any atom is 0.275 e. The van der Waals surface area contributed by atoms with E-state index in [0.29, 0.717) is 6.42 Å². The van der Waals surface area contributed by atoms with Gasteiger partial charge in [0, 0.05) is 18.1 Å². The van der Waals surface area contributed by atoms with Crippen molar-refractivity contribution in [2.24, 2.45) is 12.8 Å². The summed E-state index contributed by atoms with van der Waals surface area (Å²) in [7, 11) is -6.60. The van der Waals surface area contributed by atoms with Gasteiger partial charge in [-0.2, -0.15) is 0 Å². The molecule has 0 saturated carbocycles. The Kier molecular flexibility index (Phi) is 11.2. The molecule has 0 aliphatic heterocycles. The summed E-state index contributed by atoms with van der Waals surface area (Å²) in [6, 6.07) is 15.1. The first-order valence-electron chi connectivity index (χ1n) is 10.2. The average molecular weight is 524 g/mol. The molecule has 1 atom stereocenters.